The van der Waals surface area contributed by atoms with Crippen LogP contribution in [-0.4, -0.2) is 20.1 Å². The number of rotatable bonds is 5. The van der Waals surface area contributed by atoms with Gasteiger partial charge < -0.3 is 14.8 Å². The van der Waals surface area contributed by atoms with Gasteiger partial charge in [-0.15, -0.1) is 0 Å². The van der Waals surface area contributed by atoms with Crippen LogP contribution < -0.4 is 14.8 Å². The SMILES string of the molecule is CCC(C)C(=O)Nc1cc(OC)c(Cl)cc1OC. The lowest BCUT2D eigenvalue weighted by Crippen LogP contribution is -2.20. The minimum absolute atomic E-state index is 0.0554. The van der Waals surface area contributed by atoms with E-state index in [-0.39, 0.29) is 11.8 Å². The highest BCUT2D eigenvalue weighted by Crippen LogP contribution is 2.36. The lowest BCUT2D eigenvalue weighted by molar-refractivity contribution is -0.119. The molecule has 4 nitrogen and oxygen atoms in total. The van der Waals surface area contributed by atoms with E-state index in [0.717, 1.165) is 6.42 Å². The third-order valence-electron chi connectivity index (χ3n) is 2.79. The Morgan fingerprint density at radius 2 is 1.94 bits per heavy atom. The highest BCUT2D eigenvalue weighted by atomic mass is 35.5. The largest absolute Gasteiger partial charge is 0.495 e. The van der Waals surface area contributed by atoms with E-state index in [1.165, 1.54) is 14.2 Å². The van der Waals surface area contributed by atoms with Gasteiger partial charge in [0.2, 0.25) is 5.91 Å². The molecule has 1 N–H and O–H groups in total. The second kappa shape index (κ2) is 6.50. The summed E-state index contributed by atoms with van der Waals surface area (Å²) in [5.41, 5.74) is 0.559. The topological polar surface area (TPSA) is 47.6 Å². The summed E-state index contributed by atoms with van der Waals surface area (Å²) in [7, 11) is 3.05. The summed E-state index contributed by atoms with van der Waals surface area (Å²) < 4.78 is 10.3. The van der Waals surface area contributed by atoms with Gasteiger partial charge in [0.25, 0.3) is 0 Å². The molecule has 1 aromatic rings. The van der Waals surface area contributed by atoms with E-state index in [4.69, 9.17) is 21.1 Å². The average molecular weight is 272 g/mol. The summed E-state index contributed by atoms with van der Waals surface area (Å²) >= 11 is 5.99. The van der Waals surface area contributed by atoms with Crippen molar-refractivity contribution in [2.24, 2.45) is 5.92 Å². The van der Waals surface area contributed by atoms with Crippen LogP contribution >= 0.6 is 11.6 Å². The fraction of sp³-hybridized carbons (Fsp3) is 0.462. The molecule has 0 saturated carbocycles. The summed E-state index contributed by atoms with van der Waals surface area (Å²) in [4.78, 5) is 11.9. The molecule has 18 heavy (non-hydrogen) atoms. The first-order valence-electron chi connectivity index (χ1n) is 5.75. The molecule has 0 aromatic heterocycles. The van der Waals surface area contributed by atoms with Crippen molar-refractivity contribution in [2.45, 2.75) is 20.3 Å². The van der Waals surface area contributed by atoms with Gasteiger partial charge >= 0.3 is 0 Å². The lowest BCUT2D eigenvalue weighted by Gasteiger charge is -2.15. The van der Waals surface area contributed by atoms with Crippen LogP contribution in [0.25, 0.3) is 0 Å². The third-order valence-corrected chi connectivity index (χ3v) is 3.09. The number of nitrogens with one attached hydrogen (secondary N) is 1. The number of methoxy groups -OCH3 is 2. The maximum Gasteiger partial charge on any atom is 0.227 e. The summed E-state index contributed by atoms with van der Waals surface area (Å²) in [5, 5.41) is 3.25. The lowest BCUT2D eigenvalue weighted by atomic mass is 10.1. The number of benzene rings is 1. The van der Waals surface area contributed by atoms with Crippen molar-refractivity contribution in [1.29, 1.82) is 0 Å². The van der Waals surface area contributed by atoms with Gasteiger partial charge in [0, 0.05) is 18.1 Å². The van der Waals surface area contributed by atoms with Gasteiger partial charge in [-0.05, 0) is 6.42 Å². The smallest absolute Gasteiger partial charge is 0.227 e. The van der Waals surface area contributed by atoms with Gasteiger partial charge in [-0.2, -0.15) is 0 Å². The number of carbonyl (C=O) groups is 1. The van der Waals surface area contributed by atoms with Crippen LogP contribution in [-0.2, 0) is 4.79 Å². The van der Waals surface area contributed by atoms with Crippen molar-refractivity contribution in [3.63, 3.8) is 0 Å². The van der Waals surface area contributed by atoms with E-state index in [2.05, 4.69) is 5.32 Å². The van der Waals surface area contributed by atoms with Gasteiger partial charge in [0.05, 0.1) is 24.9 Å². The molecule has 1 amide bonds. The Hall–Kier alpha value is -1.42. The number of amides is 1. The molecular formula is C13H18ClNO3. The normalized spacial score (nSPS) is 11.8. The Bertz CT molecular complexity index is 434. The Morgan fingerprint density at radius 1 is 1.33 bits per heavy atom. The molecule has 1 rings (SSSR count). The van der Waals surface area contributed by atoms with E-state index in [0.29, 0.717) is 22.2 Å². The molecule has 1 unspecified atom stereocenters. The van der Waals surface area contributed by atoms with Crippen LogP contribution in [0.15, 0.2) is 12.1 Å². The molecular weight excluding hydrogens is 254 g/mol. The van der Waals surface area contributed by atoms with E-state index < -0.39 is 0 Å². The van der Waals surface area contributed by atoms with Crippen LogP contribution in [0.4, 0.5) is 5.69 Å². The molecule has 0 saturated heterocycles. The van der Waals surface area contributed by atoms with E-state index in [9.17, 15) is 4.79 Å². The van der Waals surface area contributed by atoms with Gasteiger partial charge in [0.1, 0.15) is 11.5 Å². The van der Waals surface area contributed by atoms with Crippen molar-refractivity contribution in [3.8, 4) is 11.5 Å². The van der Waals surface area contributed by atoms with Crippen molar-refractivity contribution in [1.82, 2.24) is 0 Å². The number of anilines is 1. The molecule has 1 aromatic carbocycles. The molecule has 0 aliphatic carbocycles. The Balaban J connectivity index is 3.03. The summed E-state index contributed by atoms with van der Waals surface area (Å²) in [5.74, 6) is 0.894. The van der Waals surface area contributed by atoms with Crippen molar-refractivity contribution in [2.75, 3.05) is 19.5 Å². The highest BCUT2D eigenvalue weighted by molar-refractivity contribution is 6.32. The second-order valence-corrected chi connectivity index (χ2v) is 4.39. The predicted molar refractivity (Wildman–Crippen MR) is 72.6 cm³/mol. The summed E-state index contributed by atoms with van der Waals surface area (Å²) in [6.45, 7) is 3.83. The summed E-state index contributed by atoms with van der Waals surface area (Å²) in [6.07, 6.45) is 0.777. The molecule has 5 heteroatoms. The molecule has 0 aliphatic rings. The Labute approximate surface area is 112 Å². The molecule has 1 atom stereocenters. The first-order valence-corrected chi connectivity index (χ1v) is 6.13. The monoisotopic (exact) mass is 271 g/mol. The average Bonchev–Trinajstić information content (AvgIpc) is 2.38. The van der Waals surface area contributed by atoms with Crippen LogP contribution in [0.5, 0.6) is 11.5 Å². The summed E-state index contributed by atoms with van der Waals surface area (Å²) in [6, 6.07) is 3.27. The maximum atomic E-state index is 11.9. The molecule has 0 heterocycles. The van der Waals surface area contributed by atoms with Gasteiger partial charge in [-0.25, -0.2) is 0 Å². The van der Waals surface area contributed by atoms with Gasteiger partial charge in [-0.3, -0.25) is 4.79 Å². The molecule has 0 spiro atoms. The standard InChI is InChI=1S/C13H18ClNO3/c1-5-8(2)13(16)15-10-7-11(17-3)9(14)6-12(10)18-4/h6-8H,5H2,1-4H3,(H,15,16). The quantitative estimate of drug-likeness (QED) is 0.893. The van der Waals surface area contributed by atoms with E-state index in [1.54, 1.807) is 12.1 Å². The van der Waals surface area contributed by atoms with Crippen LogP contribution in [0.1, 0.15) is 20.3 Å². The van der Waals surface area contributed by atoms with Gasteiger partial charge in [0.15, 0.2) is 0 Å². The van der Waals surface area contributed by atoms with Crippen LogP contribution in [0.2, 0.25) is 5.02 Å². The van der Waals surface area contributed by atoms with Crippen molar-refractivity contribution >= 4 is 23.2 Å². The number of carbonyl (C=O) groups excluding carboxylic acids is 1. The van der Waals surface area contributed by atoms with Crippen molar-refractivity contribution < 1.29 is 14.3 Å². The highest BCUT2D eigenvalue weighted by Gasteiger charge is 2.15. The minimum Gasteiger partial charge on any atom is -0.495 e. The molecule has 0 fully saturated rings. The number of hydrogen-bond acceptors (Lipinski definition) is 3. The van der Waals surface area contributed by atoms with E-state index >= 15 is 0 Å². The van der Waals surface area contributed by atoms with Gasteiger partial charge in [-0.1, -0.05) is 25.4 Å². The third kappa shape index (κ3) is 3.29. The number of ether oxygens (including phenoxy) is 2. The van der Waals surface area contributed by atoms with E-state index in [1.807, 2.05) is 13.8 Å². The van der Waals surface area contributed by atoms with Crippen LogP contribution in [0.3, 0.4) is 0 Å². The zero-order chi connectivity index (χ0) is 13.7. The first kappa shape index (κ1) is 14.6. The number of halogens is 1. The van der Waals surface area contributed by atoms with Crippen LogP contribution in [0, 0.1) is 5.92 Å². The zero-order valence-corrected chi connectivity index (χ0v) is 11.8. The minimum atomic E-state index is -0.0589. The first-order chi connectivity index (χ1) is 8.53. The molecule has 100 valence electrons. The number of hydrogen-bond donors (Lipinski definition) is 1. The molecule has 0 radical (unpaired) electrons. The van der Waals surface area contributed by atoms with Crippen molar-refractivity contribution in [3.05, 3.63) is 17.2 Å². The second-order valence-electron chi connectivity index (χ2n) is 3.99. The Morgan fingerprint density at radius 3 is 2.44 bits per heavy atom. The fourth-order valence-electron chi connectivity index (χ4n) is 1.40. The predicted octanol–water partition coefficient (Wildman–Crippen LogP) is 3.34. The molecule has 0 aliphatic heterocycles. The molecule has 0 bridgehead atoms. The Kier molecular flexibility index (Phi) is 5.28. The maximum absolute atomic E-state index is 11.9. The fourth-order valence-corrected chi connectivity index (χ4v) is 1.63. The zero-order valence-electron chi connectivity index (χ0n) is 11.0.